The molecule has 1 aliphatic rings. The van der Waals surface area contributed by atoms with Crippen LogP contribution in [-0.2, 0) is 4.74 Å². The van der Waals surface area contributed by atoms with Crippen LogP contribution < -0.4 is 4.90 Å². The Morgan fingerprint density at radius 3 is 2.90 bits per heavy atom. The van der Waals surface area contributed by atoms with Crippen molar-refractivity contribution in [2.75, 3.05) is 31.2 Å². The minimum Gasteiger partial charge on any atom is -0.378 e. The van der Waals surface area contributed by atoms with Gasteiger partial charge in [0, 0.05) is 42.8 Å². The van der Waals surface area contributed by atoms with Crippen molar-refractivity contribution >= 4 is 16.7 Å². The second kappa shape index (κ2) is 4.64. The number of aromatic amines is 2. The molecule has 1 saturated heterocycles. The van der Waals surface area contributed by atoms with E-state index in [0.29, 0.717) is 0 Å². The Bertz CT molecular complexity index is 712. The first-order valence-corrected chi connectivity index (χ1v) is 6.71. The van der Waals surface area contributed by atoms with Gasteiger partial charge in [0.05, 0.1) is 30.5 Å². The number of nitrogens with zero attached hydrogens (tertiary/aromatic N) is 3. The Kier molecular flexibility index (Phi) is 2.67. The lowest BCUT2D eigenvalue weighted by atomic mass is 10.1. The molecule has 0 amide bonds. The van der Waals surface area contributed by atoms with Gasteiger partial charge in [-0.2, -0.15) is 5.10 Å². The maximum Gasteiger partial charge on any atom is 0.139 e. The third kappa shape index (κ3) is 1.77. The number of hydrogen-bond acceptors (Lipinski definition) is 4. The molecule has 0 spiro atoms. The van der Waals surface area contributed by atoms with Crippen molar-refractivity contribution in [2.24, 2.45) is 0 Å². The number of ether oxygens (including phenoxy) is 1. The van der Waals surface area contributed by atoms with Crippen molar-refractivity contribution in [2.45, 2.75) is 0 Å². The highest BCUT2D eigenvalue weighted by atomic mass is 16.5. The molecule has 1 fully saturated rings. The number of rotatable bonds is 2. The average Bonchev–Trinajstić information content (AvgIpc) is 3.16. The third-order valence-corrected chi connectivity index (χ3v) is 3.71. The van der Waals surface area contributed by atoms with Crippen LogP contribution >= 0.6 is 0 Å². The SMILES string of the molecule is c1cc(N2CCOCC2)c2c(-c3cn[nH]c3)c[nH]c2n1. The van der Waals surface area contributed by atoms with Crippen molar-refractivity contribution in [1.29, 1.82) is 0 Å². The normalized spacial score (nSPS) is 15.9. The molecule has 0 saturated carbocycles. The van der Waals surface area contributed by atoms with Gasteiger partial charge in [0.15, 0.2) is 0 Å². The van der Waals surface area contributed by atoms with Crippen LogP contribution in [0, 0.1) is 0 Å². The number of anilines is 1. The molecule has 0 aliphatic carbocycles. The summed E-state index contributed by atoms with van der Waals surface area (Å²) in [6, 6.07) is 2.07. The Morgan fingerprint density at radius 1 is 1.20 bits per heavy atom. The molecule has 3 aromatic heterocycles. The predicted molar refractivity (Wildman–Crippen MR) is 76.7 cm³/mol. The number of nitrogens with one attached hydrogen (secondary N) is 2. The number of hydrogen-bond donors (Lipinski definition) is 2. The highest BCUT2D eigenvalue weighted by Gasteiger charge is 2.18. The lowest BCUT2D eigenvalue weighted by molar-refractivity contribution is 0.123. The zero-order valence-electron chi connectivity index (χ0n) is 11.0. The van der Waals surface area contributed by atoms with Crippen molar-refractivity contribution in [3.05, 3.63) is 30.9 Å². The lowest BCUT2D eigenvalue weighted by Crippen LogP contribution is -2.36. The molecule has 2 N–H and O–H groups in total. The van der Waals surface area contributed by atoms with Gasteiger partial charge in [-0.15, -0.1) is 0 Å². The summed E-state index contributed by atoms with van der Waals surface area (Å²) in [5.74, 6) is 0. The fraction of sp³-hybridized carbons (Fsp3) is 0.286. The van der Waals surface area contributed by atoms with Gasteiger partial charge in [-0.25, -0.2) is 4.98 Å². The average molecular weight is 269 g/mol. The van der Waals surface area contributed by atoms with Crippen molar-refractivity contribution in [3.63, 3.8) is 0 Å². The largest absolute Gasteiger partial charge is 0.378 e. The van der Waals surface area contributed by atoms with E-state index in [0.717, 1.165) is 48.5 Å². The Labute approximate surface area is 115 Å². The third-order valence-electron chi connectivity index (χ3n) is 3.71. The molecule has 0 aromatic carbocycles. The fourth-order valence-electron chi connectivity index (χ4n) is 2.73. The number of pyridine rings is 1. The van der Waals surface area contributed by atoms with Gasteiger partial charge in [-0.3, -0.25) is 5.10 Å². The van der Waals surface area contributed by atoms with Crippen LogP contribution in [0.15, 0.2) is 30.9 Å². The maximum absolute atomic E-state index is 5.44. The Balaban J connectivity index is 1.89. The smallest absolute Gasteiger partial charge is 0.139 e. The van der Waals surface area contributed by atoms with E-state index < -0.39 is 0 Å². The molecule has 6 heteroatoms. The molecule has 102 valence electrons. The molecule has 4 heterocycles. The first kappa shape index (κ1) is 11.5. The van der Waals surface area contributed by atoms with Gasteiger partial charge in [0.1, 0.15) is 5.65 Å². The number of fused-ring (bicyclic) bond motifs is 1. The van der Waals surface area contributed by atoms with Crippen molar-refractivity contribution < 1.29 is 4.74 Å². The summed E-state index contributed by atoms with van der Waals surface area (Å²) in [5, 5.41) is 8.05. The van der Waals surface area contributed by atoms with E-state index in [1.165, 1.54) is 5.69 Å². The summed E-state index contributed by atoms with van der Waals surface area (Å²) < 4.78 is 5.44. The van der Waals surface area contributed by atoms with Crippen LogP contribution in [0.2, 0.25) is 0 Å². The molecule has 0 radical (unpaired) electrons. The first-order chi connectivity index (χ1) is 9.93. The Hall–Kier alpha value is -2.34. The van der Waals surface area contributed by atoms with Gasteiger partial charge in [-0.05, 0) is 6.07 Å². The summed E-state index contributed by atoms with van der Waals surface area (Å²) in [7, 11) is 0. The van der Waals surface area contributed by atoms with Crippen molar-refractivity contribution in [3.8, 4) is 11.1 Å². The summed E-state index contributed by atoms with van der Waals surface area (Å²) in [6.07, 6.45) is 7.58. The second-order valence-electron chi connectivity index (χ2n) is 4.84. The number of aromatic nitrogens is 4. The van der Waals surface area contributed by atoms with Gasteiger partial charge in [0.25, 0.3) is 0 Å². The molecular weight excluding hydrogens is 254 g/mol. The predicted octanol–water partition coefficient (Wildman–Crippen LogP) is 1.79. The molecular formula is C14H15N5O. The zero-order valence-corrected chi connectivity index (χ0v) is 11.0. The number of morpholine rings is 1. The van der Waals surface area contributed by atoms with E-state index in [9.17, 15) is 0 Å². The topological polar surface area (TPSA) is 69.8 Å². The molecule has 20 heavy (non-hydrogen) atoms. The molecule has 4 rings (SSSR count). The maximum atomic E-state index is 5.44. The van der Waals surface area contributed by atoms with E-state index in [4.69, 9.17) is 4.74 Å². The van der Waals surface area contributed by atoms with Crippen LogP contribution in [0.3, 0.4) is 0 Å². The number of H-pyrrole nitrogens is 2. The van der Waals surface area contributed by atoms with Gasteiger partial charge in [0.2, 0.25) is 0 Å². The summed E-state index contributed by atoms with van der Waals surface area (Å²) in [6.45, 7) is 3.37. The van der Waals surface area contributed by atoms with Gasteiger partial charge >= 0.3 is 0 Å². The van der Waals surface area contributed by atoms with Crippen LogP contribution in [-0.4, -0.2) is 46.5 Å². The quantitative estimate of drug-likeness (QED) is 0.744. The fourth-order valence-corrected chi connectivity index (χ4v) is 2.73. The van der Waals surface area contributed by atoms with Crippen LogP contribution in [0.1, 0.15) is 0 Å². The van der Waals surface area contributed by atoms with Gasteiger partial charge < -0.3 is 14.6 Å². The monoisotopic (exact) mass is 269 g/mol. The highest BCUT2D eigenvalue weighted by Crippen LogP contribution is 2.34. The molecule has 3 aromatic rings. The van der Waals surface area contributed by atoms with Crippen LogP contribution in [0.25, 0.3) is 22.2 Å². The zero-order chi connectivity index (χ0) is 13.4. The molecule has 0 unspecified atom stereocenters. The molecule has 6 nitrogen and oxygen atoms in total. The minimum absolute atomic E-state index is 0.773. The van der Waals surface area contributed by atoms with Crippen molar-refractivity contribution in [1.82, 2.24) is 20.2 Å². The summed E-state index contributed by atoms with van der Waals surface area (Å²) in [4.78, 5) is 10.0. The summed E-state index contributed by atoms with van der Waals surface area (Å²) in [5.41, 5.74) is 4.31. The molecule has 0 atom stereocenters. The van der Waals surface area contributed by atoms with E-state index >= 15 is 0 Å². The van der Waals surface area contributed by atoms with Gasteiger partial charge in [-0.1, -0.05) is 0 Å². The standard InChI is InChI=1S/C14H15N5O/c1-2-15-14-13(12(1)19-3-5-20-6-4-19)11(9-16-14)10-7-17-18-8-10/h1-2,7-9H,3-6H2,(H,15,16)(H,17,18). The van der Waals surface area contributed by atoms with E-state index in [-0.39, 0.29) is 0 Å². The highest BCUT2D eigenvalue weighted by molar-refractivity contribution is 6.02. The van der Waals surface area contributed by atoms with E-state index in [1.807, 2.05) is 24.8 Å². The first-order valence-electron chi connectivity index (χ1n) is 6.71. The lowest BCUT2D eigenvalue weighted by Gasteiger charge is -2.29. The van der Waals surface area contributed by atoms with Crippen LogP contribution in [0.4, 0.5) is 5.69 Å². The second-order valence-corrected chi connectivity index (χ2v) is 4.84. The summed E-state index contributed by atoms with van der Waals surface area (Å²) >= 11 is 0. The molecule has 1 aliphatic heterocycles. The van der Waals surface area contributed by atoms with E-state index in [2.05, 4.69) is 31.1 Å². The molecule has 0 bridgehead atoms. The minimum atomic E-state index is 0.773. The van der Waals surface area contributed by atoms with E-state index in [1.54, 1.807) is 0 Å². The van der Waals surface area contributed by atoms with Crippen LogP contribution in [0.5, 0.6) is 0 Å². The Morgan fingerprint density at radius 2 is 2.10 bits per heavy atom.